The second-order valence-electron chi connectivity index (χ2n) is 4.27. The van der Waals surface area contributed by atoms with Gasteiger partial charge in [0.2, 0.25) is 0 Å². The Bertz CT molecular complexity index is 115. The molecule has 1 unspecified atom stereocenters. The molecule has 0 spiro atoms. The van der Waals surface area contributed by atoms with Crippen LogP contribution in [0.3, 0.4) is 0 Å². The van der Waals surface area contributed by atoms with Crippen LogP contribution in [0.1, 0.15) is 20.3 Å². The third kappa shape index (κ3) is 8.22. The van der Waals surface area contributed by atoms with Crippen LogP contribution in [0.5, 0.6) is 0 Å². The zero-order chi connectivity index (χ0) is 10.3. The Morgan fingerprint density at radius 3 is 2.31 bits per heavy atom. The van der Waals surface area contributed by atoms with E-state index in [1.807, 2.05) is 0 Å². The van der Waals surface area contributed by atoms with E-state index in [0.717, 1.165) is 19.5 Å². The third-order valence-corrected chi connectivity index (χ3v) is 1.97. The monoisotopic (exact) mass is 188 g/mol. The van der Waals surface area contributed by atoms with Gasteiger partial charge >= 0.3 is 0 Å². The lowest BCUT2D eigenvalue weighted by molar-refractivity contribution is 0.221. The molecular weight excluding hydrogens is 164 g/mol. The molecule has 13 heavy (non-hydrogen) atoms. The second-order valence-corrected chi connectivity index (χ2v) is 4.27. The Morgan fingerprint density at radius 2 is 1.92 bits per heavy atom. The van der Waals surface area contributed by atoms with Gasteiger partial charge in [-0.2, -0.15) is 0 Å². The molecule has 0 radical (unpaired) electrons. The first-order valence-electron chi connectivity index (χ1n) is 5.05. The molecule has 0 amide bonds. The van der Waals surface area contributed by atoms with Crippen molar-refractivity contribution >= 4 is 0 Å². The van der Waals surface area contributed by atoms with Crippen LogP contribution in [0, 0.1) is 5.92 Å². The van der Waals surface area contributed by atoms with Gasteiger partial charge in [-0.25, -0.2) is 0 Å². The van der Waals surface area contributed by atoms with Crippen molar-refractivity contribution in [1.82, 2.24) is 10.2 Å². The summed E-state index contributed by atoms with van der Waals surface area (Å²) in [6.07, 6.45) is 1.05. The van der Waals surface area contributed by atoms with Gasteiger partial charge in [-0.05, 0) is 26.4 Å². The van der Waals surface area contributed by atoms with Crippen molar-refractivity contribution in [2.45, 2.75) is 26.3 Å². The van der Waals surface area contributed by atoms with Gasteiger partial charge in [0, 0.05) is 19.1 Å². The van der Waals surface area contributed by atoms with E-state index >= 15 is 0 Å². The number of aliphatic hydroxyl groups is 1. The lowest BCUT2D eigenvalue weighted by atomic mass is 10.0. The molecule has 2 N–H and O–H groups in total. The van der Waals surface area contributed by atoms with Crippen molar-refractivity contribution in [2.24, 2.45) is 5.92 Å². The molecule has 3 nitrogen and oxygen atoms in total. The first-order chi connectivity index (χ1) is 6.06. The number of hydrogen-bond donors (Lipinski definition) is 2. The molecule has 0 saturated carbocycles. The van der Waals surface area contributed by atoms with Crippen molar-refractivity contribution in [3.63, 3.8) is 0 Å². The van der Waals surface area contributed by atoms with E-state index in [-0.39, 0.29) is 12.6 Å². The van der Waals surface area contributed by atoms with E-state index in [9.17, 15) is 0 Å². The maximum absolute atomic E-state index is 9.06. The van der Waals surface area contributed by atoms with E-state index in [1.165, 1.54) is 0 Å². The number of aliphatic hydroxyl groups excluding tert-OH is 1. The molecule has 0 aromatic carbocycles. The lowest BCUT2D eigenvalue weighted by Gasteiger charge is -2.19. The highest BCUT2D eigenvalue weighted by Crippen LogP contribution is 2.03. The molecule has 80 valence electrons. The highest BCUT2D eigenvalue weighted by molar-refractivity contribution is 4.67. The Morgan fingerprint density at radius 1 is 1.31 bits per heavy atom. The summed E-state index contributed by atoms with van der Waals surface area (Å²) in [5.74, 6) is 0.643. The van der Waals surface area contributed by atoms with Crippen molar-refractivity contribution < 1.29 is 5.11 Å². The quantitative estimate of drug-likeness (QED) is 0.612. The fraction of sp³-hybridized carbons (Fsp3) is 1.00. The Balaban J connectivity index is 3.48. The number of likely N-dealkylation sites (N-methyl/N-ethyl adjacent to an activating group) is 1. The van der Waals surface area contributed by atoms with Crippen LogP contribution in [0.2, 0.25) is 0 Å². The normalized spacial score (nSPS) is 14.1. The first kappa shape index (κ1) is 12.9. The third-order valence-electron chi connectivity index (χ3n) is 1.97. The zero-order valence-corrected chi connectivity index (χ0v) is 9.38. The maximum atomic E-state index is 9.06. The summed E-state index contributed by atoms with van der Waals surface area (Å²) in [6, 6.07) is 0.264. The number of nitrogens with one attached hydrogen (secondary N) is 1. The summed E-state index contributed by atoms with van der Waals surface area (Å²) in [5.41, 5.74) is 0. The van der Waals surface area contributed by atoms with Crippen LogP contribution < -0.4 is 5.32 Å². The van der Waals surface area contributed by atoms with E-state index in [2.05, 4.69) is 38.2 Å². The van der Waals surface area contributed by atoms with E-state index < -0.39 is 0 Å². The Kier molecular flexibility index (Phi) is 7.23. The Labute approximate surface area is 82.1 Å². The number of hydrogen-bond acceptors (Lipinski definition) is 3. The van der Waals surface area contributed by atoms with Crippen LogP contribution in [0.4, 0.5) is 0 Å². The maximum Gasteiger partial charge on any atom is 0.0584 e. The average Bonchev–Trinajstić information content (AvgIpc) is 2.01. The van der Waals surface area contributed by atoms with Crippen LogP contribution in [0.15, 0.2) is 0 Å². The molecule has 0 fully saturated rings. The van der Waals surface area contributed by atoms with E-state index in [1.54, 1.807) is 0 Å². The summed E-state index contributed by atoms with van der Waals surface area (Å²) in [5, 5.41) is 12.4. The average molecular weight is 188 g/mol. The number of rotatable bonds is 7. The van der Waals surface area contributed by atoms with Gasteiger partial charge in [0.1, 0.15) is 0 Å². The van der Waals surface area contributed by atoms with E-state index in [0.29, 0.717) is 5.92 Å². The highest BCUT2D eigenvalue weighted by atomic mass is 16.3. The SMILES string of the molecule is CC(C)CC(CO)NCCN(C)C. The fourth-order valence-electron chi connectivity index (χ4n) is 1.28. The van der Waals surface area contributed by atoms with Crippen LogP contribution in [0.25, 0.3) is 0 Å². The minimum absolute atomic E-state index is 0.242. The molecule has 1 atom stereocenters. The summed E-state index contributed by atoms with van der Waals surface area (Å²) >= 11 is 0. The predicted octanol–water partition coefficient (Wildman–Crippen LogP) is 0.545. The van der Waals surface area contributed by atoms with Gasteiger partial charge in [-0.15, -0.1) is 0 Å². The molecule has 3 heteroatoms. The van der Waals surface area contributed by atoms with Crippen molar-refractivity contribution in [3.05, 3.63) is 0 Å². The molecule has 0 aromatic heterocycles. The minimum atomic E-state index is 0.242. The standard InChI is InChI=1S/C10H24N2O/c1-9(2)7-10(8-13)11-5-6-12(3)4/h9-11,13H,5-8H2,1-4H3. The fourth-order valence-corrected chi connectivity index (χ4v) is 1.28. The molecular formula is C10H24N2O. The molecule has 0 rings (SSSR count). The lowest BCUT2D eigenvalue weighted by Crippen LogP contribution is -2.37. The second kappa shape index (κ2) is 7.30. The number of nitrogens with zero attached hydrogens (tertiary/aromatic N) is 1. The Hall–Kier alpha value is -0.120. The molecule has 0 aliphatic rings. The van der Waals surface area contributed by atoms with Crippen LogP contribution in [-0.2, 0) is 0 Å². The summed E-state index contributed by atoms with van der Waals surface area (Å²) < 4.78 is 0. The summed E-state index contributed by atoms with van der Waals surface area (Å²) in [4.78, 5) is 2.14. The van der Waals surface area contributed by atoms with Crippen molar-refractivity contribution in [3.8, 4) is 0 Å². The van der Waals surface area contributed by atoms with E-state index in [4.69, 9.17) is 5.11 Å². The molecule has 0 saturated heterocycles. The molecule has 0 aromatic rings. The molecule has 0 heterocycles. The molecule has 0 aliphatic carbocycles. The smallest absolute Gasteiger partial charge is 0.0584 e. The van der Waals surface area contributed by atoms with Gasteiger partial charge in [-0.1, -0.05) is 13.8 Å². The van der Waals surface area contributed by atoms with Crippen LogP contribution in [-0.4, -0.2) is 49.8 Å². The summed E-state index contributed by atoms with van der Waals surface area (Å²) in [7, 11) is 4.11. The first-order valence-corrected chi connectivity index (χ1v) is 5.05. The summed E-state index contributed by atoms with van der Waals surface area (Å²) in [6.45, 7) is 6.57. The minimum Gasteiger partial charge on any atom is -0.395 e. The van der Waals surface area contributed by atoms with Crippen molar-refractivity contribution in [1.29, 1.82) is 0 Å². The van der Waals surface area contributed by atoms with Crippen molar-refractivity contribution in [2.75, 3.05) is 33.8 Å². The topological polar surface area (TPSA) is 35.5 Å². The van der Waals surface area contributed by atoms with Gasteiger partial charge in [0.15, 0.2) is 0 Å². The predicted molar refractivity (Wildman–Crippen MR) is 56.9 cm³/mol. The molecule has 0 aliphatic heterocycles. The van der Waals surface area contributed by atoms with Gasteiger partial charge in [-0.3, -0.25) is 0 Å². The largest absolute Gasteiger partial charge is 0.395 e. The van der Waals surface area contributed by atoms with Gasteiger partial charge in [0.05, 0.1) is 6.61 Å². The zero-order valence-electron chi connectivity index (χ0n) is 9.38. The van der Waals surface area contributed by atoms with Crippen LogP contribution >= 0.6 is 0 Å². The van der Waals surface area contributed by atoms with Gasteiger partial charge in [0.25, 0.3) is 0 Å². The highest BCUT2D eigenvalue weighted by Gasteiger charge is 2.08. The molecule has 0 bridgehead atoms. The van der Waals surface area contributed by atoms with Gasteiger partial charge < -0.3 is 15.3 Å².